The number of hydrogen-bond donors (Lipinski definition) is 2. The van der Waals surface area contributed by atoms with Gasteiger partial charge < -0.3 is 10.8 Å². The summed E-state index contributed by atoms with van der Waals surface area (Å²) < 4.78 is 34.5. The normalized spacial score (nSPS) is 15.8. The first-order valence-electron chi connectivity index (χ1n) is 4.66. The molecule has 0 radical (unpaired) electrons. The van der Waals surface area contributed by atoms with Crippen molar-refractivity contribution in [3.05, 3.63) is 29.8 Å². The first-order chi connectivity index (χ1) is 7.36. The van der Waals surface area contributed by atoms with Gasteiger partial charge >= 0.3 is 0 Å². The molecule has 0 aliphatic carbocycles. The summed E-state index contributed by atoms with van der Waals surface area (Å²) in [7, 11) is -3.26. The molecule has 1 aromatic rings. The van der Waals surface area contributed by atoms with Gasteiger partial charge in [-0.15, -0.1) is 0 Å². The maximum Gasteiger partial charge on any atom is 0.175 e. The van der Waals surface area contributed by atoms with E-state index in [2.05, 4.69) is 0 Å². The van der Waals surface area contributed by atoms with Gasteiger partial charge in [0.2, 0.25) is 0 Å². The minimum absolute atomic E-state index is 0.150. The second kappa shape index (κ2) is 4.90. The molecule has 16 heavy (non-hydrogen) atoms. The number of sulfone groups is 1. The van der Waals surface area contributed by atoms with Gasteiger partial charge in [-0.25, -0.2) is 12.8 Å². The van der Waals surface area contributed by atoms with Crippen molar-refractivity contribution < 1.29 is 17.9 Å². The number of nitrogens with two attached hydrogens (primary N) is 1. The van der Waals surface area contributed by atoms with Crippen molar-refractivity contribution in [3.63, 3.8) is 0 Å². The summed E-state index contributed by atoms with van der Waals surface area (Å²) in [5.41, 5.74) is 5.73. The Labute approximate surface area is 93.8 Å². The second-order valence-electron chi connectivity index (χ2n) is 3.60. The molecule has 0 unspecified atom stereocenters. The first kappa shape index (κ1) is 13.1. The SMILES string of the molecule is CS(=O)(=O)c1ccc([C@H](O)[C@@H](N)CF)cc1. The van der Waals surface area contributed by atoms with E-state index >= 15 is 0 Å². The summed E-state index contributed by atoms with van der Waals surface area (Å²) in [5, 5.41) is 9.57. The van der Waals surface area contributed by atoms with Crippen LogP contribution < -0.4 is 5.73 Å². The highest BCUT2D eigenvalue weighted by molar-refractivity contribution is 7.90. The van der Waals surface area contributed by atoms with Crippen molar-refractivity contribution in [3.8, 4) is 0 Å². The highest BCUT2D eigenvalue weighted by Crippen LogP contribution is 2.18. The van der Waals surface area contributed by atoms with E-state index in [9.17, 15) is 17.9 Å². The minimum atomic E-state index is -3.26. The van der Waals surface area contributed by atoms with Gasteiger partial charge in [0.1, 0.15) is 6.67 Å². The molecule has 1 rings (SSSR count). The van der Waals surface area contributed by atoms with Crippen LogP contribution in [0.25, 0.3) is 0 Å². The van der Waals surface area contributed by atoms with Crippen LogP contribution in [0.1, 0.15) is 11.7 Å². The number of hydrogen-bond acceptors (Lipinski definition) is 4. The average Bonchev–Trinajstić information content (AvgIpc) is 2.26. The highest BCUT2D eigenvalue weighted by atomic mass is 32.2. The largest absolute Gasteiger partial charge is 0.387 e. The lowest BCUT2D eigenvalue weighted by molar-refractivity contribution is 0.132. The van der Waals surface area contributed by atoms with Gasteiger partial charge in [0.05, 0.1) is 17.0 Å². The molecule has 4 nitrogen and oxygen atoms in total. The Hall–Kier alpha value is -0.980. The van der Waals surface area contributed by atoms with Crippen molar-refractivity contribution in [1.82, 2.24) is 0 Å². The topological polar surface area (TPSA) is 80.4 Å². The van der Waals surface area contributed by atoms with Gasteiger partial charge in [-0.05, 0) is 17.7 Å². The maximum absolute atomic E-state index is 12.2. The third-order valence-corrected chi connectivity index (χ3v) is 3.36. The Bertz CT molecular complexity index is 444. The number of halogens is 1. The van der Waals surface area contributed by atoms with Crippen LogP contribution in [0.5, 0.6) is 0 Å². The zero-order valence-electron chi connectivity index (χ0n) is 8.80. The zero-order valence-corrected chi connectivity index (χ0v) is 9.61. The predicted molar refractivity (Wildman–Crippen MR) is 58.5 cm³/mol. The molecule has 1 aromatic carbocycles. The van der Waals surface area contributed by atoms with Gasteiger partial charge in [0.25, 0.3) is 0 Å². The van der Waals surface area contributed by atoms with Gasteiger partial charge in [0, 0.05) is 6.26 Å². The smallest absolute Gasteiger partial charge is 0.175 e. The van der Waals surface area contributed by atoms with Crippen molar-refractivity contribution in [1.29, 1.82) is 0 Å². The molecular formula is C10H14FNO3S. The number of aliphatic hydroxyl groups excluding tert-OH is 1. The Balaban J connectivity index is 2.96. The van der Waals surface area contributed by atoms with E-state index in [1.165, 1.54) is 24.3 Å². The fourth-order valence-electron chi connectivity index (χ4n) is 1.24. The molecule has 2 atom stereocenters. The Kier molecular flexibility index (Phi) is 4.01. The van der Waals surface area contributed by atoms with Crippen LogP contribution in [0.3, 0.4) is 0 Å². The summed E-state index contributed by atoms with van der Waals surface area (Å²) in [6.45, 7) is -0.838. The summed E-state index contributed by atoms with van der Waals surface area (Å²) >= 11 is 0. The number of alkyl halides is 1. The molecule has 0 aliphatic rings. The molecule has 0 spiro atoms. The molecule has 0 saturated heterocycles. The lowest BCUT2D eigenvalue weighted by Gasteiger charge is -2.16. The quantitative estimate of drug-likeness (QED) is 0.808. The molecule has 0 bridgehead atoms. The van der Waals surface area contributed by atoms with E-state index < -0.39 is 28.7 Å². The molecular weight excluding hydrogens is 233 g/mol. The van der Waals surface area contributed by atoms with Crippen LogP contribution in [0.15, 0.2) is 29.2 Å². The van der Waals surface area contributed by atoms with Crippen LogP contribution in [0.4, 0.5) is 4.39 Å². The van der Waals surface area contributed by atoms with Crippen LogP contribution in [0, 0.1) is 0 Å². The molecule has 0 fully saturated rings. The summed E-state index contributed by atoms with van der Waals surface area (Å²) in [5.74, 6) is 0. The summed E-state index contributed by atoms with van der Waals surface area (Å²) in [6, 6.07) is 4.58. The molecule has 0 saturated carbocycles. The maximum atomic E-state index is 12.2. The first-order valence-corrected chi connectivity index (χ1v) is 6.55. The van der Waals surface area contributed by atoms with Crippen molar-refractivity contribution >= 4 is 9.84 Å². The van der Waals surface area contributed by atoms with Crippen LogP contribution in [-0.2, 0) is 9.84 Å². The van der Waals surface area contributed by atoms with E-state index in [1.807, 2.05) is 0 Å². The number of benzene rings is 1. The number of rotatable bonds is 4. The standard InChI is InChI=1S/C10H14FNO3S/c1-16(14,15)8-4-2-7(3-5-8)10(13)9(12)6-11/h2-5,9-10,13H,6,12H2,1H3/t9-,10-/m0/s1. The van der Waals surface area contributed by atoms with Crippen LogP contribution in [0.2, 0.25) is 0 Å². The lowest BCUT2D eigenvalue weighted by Crippen LogP contribution is -2.30. The van der Waals surface area contributed by atoms with E-state index in [0.29, 0.717) is 5.56 Å². The van der Waals surface area contributed by atoms with Crippen molar-refractivity contribution in [2.24, 2.45) is 5.73 Å². The third kappa shape index (κ3) is 3.01. The molecule has 0 aromatic heterocycles. The van der Waals surface area contributed by atoms with Crippen molar-refractivity contribution in [2.75, 3.05) is 12.9 Å². The van der Waals surface area contributed by atoms with Gasteiger partial charge in [-0.2, -0.15) is 0 Å². The Morgan fingerprint density at radius 2 is 1.88 bits per heavy atom. The Morgan fingerprint density at radius 3 is 2.25 bits per heavy atom. The predicted octanol–water partition coefficient (Wildman–Crippen LogP) is 0.420. The van der Waals surface area contributed by atoms with Gasteiger partial charge in [-0.3, -0.25) is 0 Å². The van der Waals surface area contributed by atoms with Gasteiger partial charge in [-0.1, -0.05) is 12.1 Å². The minimum Gasteiger partial charge on any atom is -0.387 e. The fraction of sp³-hybridized carbons (Fsp3) is 0.400. The monoisotopic (exact) mass is 247 g/mol. The Morgan fingerprint density at radius 1 is 1.38 bits per heavy atom. The number of aliphatic hydroxyl groups is 1. The molecule has 6 heteroatoms. The molecule has 90 valence electrons. The lowest BCUT2D eigenvalue weighted by atomic mass is 10.0. The molecule has 0 amide bonds. The van der Waals surface area contributed by atoms with Crippen molar-refractivity contribution in [2.45, 2.75) is 17.0 Å². The van der Waals surface area contributed by atoms with E-state index in [0.717, 1.165) is 6.26 Å². The van der Waals surface area contributed by atoms with Crippen LogP contribution in [-0.4, -0.2) is 32.5 Å². The van der Waals surface area contributed by atoms with E-state index in [4.69, 9.17) is 5.73 Å². The van der Waals surface area contributed by atoms with Gasteiger partial charge in [0.15, 0.2) is 9.84 Å². The average molecular weight is 247 g/mol. The molecule has 0 heterocycles. The summed E-state index contributed by atoms with van der Waals surface area (Å²) in [4.78, 5) is 0.150. The zero-order chi connectivity index (χ0) is 12.3. The van der Waals surface area contributed by atoms with Crippen LogP contribution >= 0.6 is 0 Å². The highest BCUT2D eigenvalue weighted by Gasteiger charge is 2.17. The van der Waals surface area contributed by atoms with E-state index in [1.54, 1.807) is 0 Å². The van der Waals surface area contributed by atoms with E-state index in [-0.39, 0.29) is 4.90 Å². The molecule has 3 N–H and O–H groups in total. The molecule has 0 aliphatic heterocycles. The fourth-order valence-corrected chi connectivity index (χ4v) is 1.87. The third-order valence-electron chi connectivity index (χ3n) is 2.23. The second-order valence-corrected chi connectivity index (χ2v) is 5.62. The summed E-state index contributed by atoms with van der Waals surface area (Å²) in [6.07, 6.45) is -0.0373.